The van der Waals surface area contributed by atoms with Gasteiger partial charge in [0.1, 0.15) is 5.41 Å². The van der Waals surface area contributed by atoms with Gasteiger partial charge in [0, 0.05) is 26.2 Å². The molecule has 0 aromatic rings. The molecule has 1 fully saturated rings. The molecule has 1 aliphatic rings. The maximum Gasteiger partial charge on any atom is 0.320 e. The molecular weight excluding hydrogens is 236 g/mol. The molecule has 6 nitrogen and oxygen atoms in total. The highest BCUT2D eigenvalue weighted by Gasteiger charge is 2.36. The van der Waals surface area contributed by atoms with E-state index in [0.29, 0.717) is 6.54 Å². The average molecular weight is 258 g/mol. The molecule has 1 rings (SSSR count). The molecule has 6 heteroatoms. The van der Waals surface area contributed by atoms with Crippen molar-refractivity contribution in [1.29, 1.82) is 0 Å². The van der Waals surface area contributed by atoms with Crippen LogP contribution >= 0.6 is 0 Å². The Morgan fingerprint density at radius 1 is 1.33 bits per heavy atom. The van der Waals surface area contributed by atoms with Crippen LogP contribution in [0, 0.1) is 5.41 Å². The molecule has 0 radical (unpaired) electrons. The fourth-order valence-corrected chi connectivity index (χ4v) is 1.72. The number of carbonyl (C=O) groups is 2. The number of carbonyl (C=O) groups excluding carboxylic acids is 2. The zero-order valence-electron chi connectivity index (χ0n) is 11.3. The highest BCUT2D eigenvalue weighted by atomic mass is 16.5. The number of hydrogen-bond donors (Lipinski definition) is 1. The van der Waals surface area contributed by atoms with Gasteiger partial charge in [-0.2, -0.15) is 0 Å². The van der Waals surface area contributed by atoms with Crippen LogP contribution in [0.3, 0.4) is 0 Å². The summed E-state index contributed by atoms with van der Waals surface area (Å²) in [6.07, 6.45) is 0. The van der Waals surface area contributed by atoms with Crippen molar-refractivity contribution >= 4 is 11.9 Å². The van der Waals surface area contributed by atoms with E-state index in [-0.39, 0.29) is 5.91 Å². The number of morpholine rings is 1. The Kier molecular flexibility index (Phi) is 5.55. The number of amides is 1. The van der Waals surface area contributed by atoms with E-state index in [1.54, 1.807) is 13.8 Å². The van der Waals surface area contributed by atoms with E-state index in [9.17, 15) is 9.59 Å². The zero-order chi connectivity index (χ0) is 13.6. The zero-order valence-corrected chi connectivity index (χ0v) is 11.3. The smallest absolute Gasteiger partial charge is 0.320 e. The molecule has 0 saturated carbocycles. The molecule has 1 heterocycles. The van der Waals surface area contributed by atoms with Crippen molar-refractivity contribution in [2.75, 3.05) is 46.5 Å². The minimum absolute atomic E-state index is 0.303. The summed E-state index contributed by atoms with van der Waals surface area (Å²) in [5.74, 6) is -0.825. The minimum atomic E-state index is -1.14. The first-order chi connectivity index (χ1) is 8.48. The largest absolute Gasteiger partial charge is 0.468 e. The predicted molar refractivity (Wildman–Crippen MR) is 66.1 cm³/mol. The molecule has 0 aliphatic carbocycles. The Morgan fingerprint density at radius 2 is 1.94 bits per heavy atom. The third-order valence-electron chi connectivity index (χ3n) is 3.08. The van der Waals surface area contributed by atoms with Crippen LogP contribution in [0.15, 0.2) is 0 Å². The van der Waals surface area contributed by atoms with Gasteiger partial charge >= 0.3 is 5.97 Å². The van der Waals surface area contributed by atoms with Crippen molar-refractivity contribution in [3.63, 3.8) is 0 Å². The van der Waals surface area contributed by atoms with Gasteiger partial charge in [-0.15, -0.1) is 0 Å². The Balaban J connectivity index is 2.29. The molecule has 1 N–H and O–H groups in total. The van der Waals surface area contributed by atoms with Gasteiger partial charge in [0.05, 0.1) is 20.3 Å². The molecule has 0 atom stereocenters. The number of hydrogen-bond acceptors (Lipinski definition) is 5. The van der Waals surface area contributed by atoms with E-state index >= 15 is 0 Å². The second kappa shape index (κ2) is 6.70. The lowest BCUT2D eigenvalue weighted by Crippen LogP contribution is -2.46. The molecule has 18 heavy (non-hydrogen) atoms. The van der Waals surface area contributed by atoms with Crippen molar-refractivity contribution in [3.8, 4) is 0 Å². The van der Waals surface area contributed by atoms with Gasteiger partial charge in [-0.1, -0.05) is 0 Å². The van der Waals surface area contributed by atoms with E-state index < -0.39 is 11.4 Å². The highest BCUT2D eigenvalue weighted by Crippen LogP contribution is 2.16. The van der Waals surface area contributed by atoms with Gasteiger partial charge in [0.15, 0.2) is 0 Å². The van der Waals surface area contributed by atoms with Crippen LogP contribution < -0.4 is 5.32 Å². The SMILES string of the molecule is COC(=O)C(C)(C)C(=O)NCCN1CCOCC1. The second-order valence-electron chi connectivity index (χ2n) is 4.83. The Labute approximate surface area is 108 Å². The normalized spacial score (nSPS) is 17.3. The summed E-state index contributed by atoms with van der Waals surface area (Å²) in [7, 11) is 1.28. The maximum atomic E-state index is 11.9. The summed E-state index contributed by atoms with van der Waals surface area (Å²) in [4.78, 5) is 25.5. The molecule has 0 aromatic carbocycles. The first-order valence-corrected chi connectivity index (χ1v) is 6.15. The number of esters is 1. The van der Waals surface area contributed by atoms with Crippen LogP contribution in [0.25, 0.3) is 0 Å². The van der Waals surface area contributed by atoms with Crippen LogP contribution in [-0.2, 0) is 19.1 Å². The third kappa shape index (κ3) is 3.96. The van der Waals surface area contributed by atoms with Gasteiger partial charge < -0.3 is 14.8 Å². The quantitative estimate of drug-likeness (QED) is 0.538. The van der Waals surface area contributed by atoms with Crippen molar-refractivity contribution in [1.82, 2.24) is 10.2 Å². The number of methoxy groups -OCH3 is 1. The van der Waals surface area contributed by atoms with Gasteiger partial charge in [-0.25, -0.2) is 0 Å². The molecule has 0 bridgehead atoms. The topological polar surface area (TPSA) is 67.9 Å². The van der Waals surface area contributed by atoms with E-state index in [4.69, 9.17) is 4.74 Å². The summed E-state index contributed by atoms with van der Waals surface area (Å²) in [5, 5.41) is 2.76. The monoisotopic (exact) mass is 258 g/mol. The van der Waals surface area contributed by atoms with E-state index in [2.05, 4.69) is 15.0 Å². The van der Waals surface area contributed by atoms with Crippen molar-refractivity contribution in [3.05, 3.63) is 0 Å². The van der Waals surface area contributed by atoms with Gasteiger partial charge in [-0.05, 0) is 13.8 Å². The van der Waals surface area contributed by atoms with Crippen LogP contribution in [0.5, 0.6) is 0 Å². The maximum absolute atomic E-state index is 11.9. The molecular formula is C12H22N2O4. The van der Waals surface area contributed by atoms with Crippen LogP contribution in [-0.4, -0.2) is 63.3 Å². The van der Waals surface area contributed by atoms with Crippen molar-refractivity contribution in [2.24, 2.45) is 5.41 Å². The number of ether oxygens (including phenoxy) is 2. The van der Waals surface area contributed by atoms with Crippen LogP contribution in [0.1, 0.15) is 13.8 Å². The number of nitrogens with zero attached hydrogens (tertiary/aromatic N) is 1. The summed E-state index contributed by atoms with van der Waals surface area (Å²) in [6, 6.07) is 0. The van der Waals surface area contributed by atoms with Crippen molar-refractivity contribution in [2.45, 2.75) is 13.8 Å². The first-order valence-electron chi connectivity index (χ1n) is 6.15. The van der Waals surface area contributed by atoms with E-state index in [0.717, 1.165) is 32.8 Å². The summed E-state index contributed by atoms with van der Waals surface area (Å²) < 4.78 is 9.84. The molecule has 0 unspecified atom stereocenters. The molecule has 0 spiro atoms. The first kappa shape index (κ1) is 14.9. The standard InChI is InChI=1S/C12H22N2O4/c1-12(2,11(16)17-3)10(15)13-4-5-14-6-8-18-9-7-14/h4-9H2,1-3H3,(H,13,15). The fourth-order valence-electron chi connectivity index (χ4n) is 1.72. The molecule has 1 saturated heterocycles. The Bertz CT molecular complexity index is 298. The minimum Gasteiger partial charge on any atom is -0.468 e. The Hall–Kier alpha value is -1.14. The van der Waals surface area contributed by atoms with Gasteiger partial charge in [0.2, 0.25) is 5.91 Å². The summed E-state index contributed by atoms with van der Waals surface area (Å²) in [5.41, 5.74) is -1.14. The Morgan fingerprint density at radius 3 is 2.50 bits per heavy atom. The summed E-state index contributed by atoms with van der Waals surface area (Å²) in [6.45, 7) is 7.66. The van der Waals surface area contributed by atoms with E-state index in [1.165, 1.54) is 7.11 Å². The predicted octanol–water partition coefficient (Wildman–Crippen LogP) is -0.366. The van der Waals surface area contributed by atoms with Crippen LogP contribution in [0.4, 0.5) is 0 Å². The molecule has 1 aliphatic heterocycles. The second-order valence-corrected chi connectivity index (χ2v) is 4.83. The van der Waals surface area contributed by atoms with Gasteiger partial charge in [-0.3, -0.25) is 14.5 Å². The average Bonchev–Trinajstić information content (AvgIpc) is 2.38. The molecule has 1 amide bonds. The molecule has 104 valence electrons. The fraction of sp³-hybridized carbons (Fsp3) is 0.833. The number of nitrogens with one attached hydrogen (secondary N) is 1. The lowest BCUT2D eigenvalue weighted by atomic mass is 9.92. The van der Waals surface area contributed by atoms with Crippen molar-refractivity contribution < 1.29 is 19.1 Å². The third-order valence-corrected chi connectivity index (χ3v) is 3.08. The van der Waals surface area contributed by atoms with Crippen LogP contribution in [0.2, 0.25) is 0 Å². The number of rotatable bonds is 5. The highest BCUT2D eigenvalue weighted by molar-refractivity contribution is 6.01. The lowest BCUT2D eigenvalue weighted by Gasteiger charge is -2.27. The van der Waals surface area contributed by atoms with E-state index in [1.807, 2.05) is 0 Å². The molecule has 0 aromatic heterocycles. The van der Waals surface area contributed by atoms with Gasteiger partial charge in [0.25, 0.3) is 0 Å². The lowest BCUT2D eigenvalue weighted by molar-refractivity contribution is -0.156. The summed E-state index contributed by atoms with van der Waals surface area (Å²) >= 11 is 0.